The quantitative estimate of drug-likeness (QED) is 0.404. The second-order valence-corrected chi connectivity index (χ2v) is 13.9. The zero-order valence-corrected chi connectivity index (χ0v) is 25.2. The topological polar surface area (TPSA) is 123 Å². The standard InChI is InChI=1S/C31H35Cl2FN4O4/c1-29(2)8-10-30(11-9-29)31(19-5-4-17(32)14-20(19)37-28(31)41)23(18-7-12-36-26(33)24(18)34)25(38-30)21(39)13-16-3-6-22(27(35)40)42-15-16/h4-5,7,12,14,16,22-23,25,38H,3,6,8-11,13,15H2,1-2H3,(H2,35,40)(H,37,41)/t16-,22-,23-,25-,31+/m0/s1. The molecule has 1 aromatic carbocycles. The summed E-state index contributed by atoms with van der Waals surface area (Å²) in [5, 5.41) is 6.88. The Morgan fingerprint density at radius 2 is 1.88 bits per heavy atom. The van der Waals surface area contributed by atoms with Gasteiger partial charge in [0.2, 0.25) is 11.8 Å². The van der Waals surface area contributed by atoms with Gasteiger partial charge >= 0.3 is 0 Å². The van der Waals surface area contributed by atoms with Crippen molar-refractivity contribution >= 4 is 46.5 Å². The molecule has 0 bridgehead atoms. The van der Waals surface area contributed by atoms with E-state index in [0.29, 0.717) is 42.0 Å². The van der Waals surface area contributed by atoms with Crippen LogP contribution in [0.4, 0.5) is 10.1 Å². The lowest BCUT2D eigenvalue weighted by Crippen LogP contribution is -2.61. The molecule has 42 heavy (non-hydrogen) atoms. The van der Waals surface area contributed by atoms with Gasteiger partial charge in [-0.1, -0.05) is 43.1 Å². The molecule has 4 heterocycles. The Morgan fingerprint density at radius 3 is 2.55 bits per heavy atom. The molecular weight excluding hydrogens is 582 g/mol. The number of ether oxygens (including phenoxy) is 1. The molecule has 3 aliphatic heterocycles. The number of aromatic nitrogens is 1. The summed E-state index contributed by atoms with van der Waals surface area (Å²) in [5.74, 6) is -2.73. The number of primary amides is 1. The van der Waals surface area contributed by atoms with Gasteiger partial charge in [-0.05, 0) is 79.2 Å². The van der Waals surface area contributed by atoms with E-state index < -0.39 is 40.7 Å². The molecule has 3 fully saturated rings. The Hall–Kier alpha value is -2.59. The number of nitrogens with two attached hydrogens (primary N) is 1. The lowest BCUT2D eigenvalue weighted by Gasteiger charge is -2.50. The highest BCUT2D eigenvalue weighted by molar-refractivity contribution is 6.31. The Balaban J connectivity index is 1.49. The van der Waals surface area contributed by atoms with Gasteiger partial charge in [-0.15, -0.1) is 0 Å². The molecule has 11 heteroatoms. The number of pyridine rings is 1. The summed E-state index contributed by atoms with van der Waals surface area (Å²) in [4.78, 5) is 44.3. The maximum absolute atomic E-state index is 16.0. The fourth-order valence-electron chi connectivity index (χ4n) is 7.98. The number of carbonyl (C=O) groups excluding carboxylic acids is 3. The smallest absolute Gasteiger partial charge is 0.246 e. The van der Waals surface area contributed by atoms with E-state index in [1.54, 1.807) is 12.1 Å². The van der Waals surface area contributed by atoms with Crippen LogP contribution in [0.1, 0.15) is 75.8 Å². The summed E-state index contributed by atoms with van der Waals surface area (Å²) >= 11 is 12.6. The van der Waals surface area contributed by atoms with Crippen molar-refractivity contribution in [1.29, 1.82) is 0 Å². The third-order valence-corrected chi connectivity index (χ3v) is 10.7. The summed E-state index contributed by atoms with van der Waals surface area (Å²) < 4.78 is 21.7. The maximum atomic E-state index is 16.0. The molecule has 0 unspecified atom stereocenters. The van der Waals surface area contributed by atoms with E-state index in [2.05, 4.69) is 29.5 Å². The Labute approximate surface area is 254 Å². The summed E-state index contributed by atoms with van der Waals surface area (Å²) in [6, 6.07) is 5.92. The van der Waals surface area contributed by atoms with Crippen LogP contribution in [0.25, 0.3) is 0 Å². The van der Waals surface area contributed by atoms with Crippen molar-refractivity contribution in [2.75, 3.05) is 11.9 Å². The number of halogens is 3. The van der Waals surface area contributed by atoms with Gasteiger partial charge in [0.05, 0.1) is 12.6 Å². The fourth-order valence-corrected chi connectivity index (χ4v) is 8.32. The number of hydrogen-bond donors (Lipinski definition) is 3. The number of anilines is 1. The molecule has 1 aromatic heterocycles. The lowest BCUT2D eigenvalue weighted by molar-refractivity contribution is -0.135. The Morgan fingerprint density at radius 1 is 1.14 bits per heavy atom. The van der Waals surface area contributed by atoms with Gasteiger partial charge in [0.25, 0.3) is 0 Å². The number of hydrogen-bond acceptors (Lipinski definition) is 6. The molecule has 6 rings (SSSR count). The van der Waals surface area contributed by atoms with Crippen molar-refractivity contribution in [2.24, 2.45) is 17.1 Å². The predicted molar refractivity (Wildman–Crippen MR) is 157 cm³/mol. The van der Waals surface area contributed by atoms with Gasteiger partial charge in [-0.2, -0.15) is 0 Å². The number of nitrogens with one attached hydrogen (secondary N) is 2. The van der Waals surface area contributed by atoms with Crippen LogP contribution in [0.15, 0.2) is 30.5 Å². The monoisotopic (exact) mass is 616 g/mol. The third-order valence-electron chi connectivity index (χ3n) is 10.2. The van der Waals surface area contributed by atoms with Crippen LogP contribution in [0.5, 0.6) is 0 Å². The highest BCUT2D eigenvalue weighted by atomic mass is 35.5. The van der Waals surface area contributed by atoms with Gasteiger partial charge in [0.15, 0.2) is 16.8 Å². The second kappa shape index (κ2) is 10.5. The SMILES string of the molecule is CC1(C)CCC2(CC1)N[C@@H](C(=O)C[C@@H]1CC[C@@H](C(N)=O)OC1)[C@H](c1ccnc(Cl)c1F)[C@]21C(=O)Nc2cc(Cl)ccc21. The van der Waals surface area contributed by atoms with Crippen LogP contribution in [0.3, 0.4) is 0 Å². The minimum Gasteiger partial charge on any atom is -0.368 e. The number of rotatable bonds is 5. The first-order chi connectivity index (χ1) is 19.9. The highest BCUT2D eigenvalue weighted by Crippen LogP contribution is 2.64. The number of carbonyl (C=O) groups is 3. The zero-order valence-electron chi connectivity index (χ0n) is 23.6. The minimum absolute atomic E-state index is 0.0469. The summed E-state index contributed by atoms with van der Waals surface area (Å²) in [7, 11) is 0. The molecule has 2 spiro atoms. The molecule has 224 valence electrons. The van der Waals surface area contributed by atoms with E-state index in [1.165, 1.54) is 12.3 Å². The van der Waals surface area contributed by atoms with Crippen LogP contribution < -0.4 is 16.4 Å². The lowest BCUT2D eigenvalue weighted by atomic mass is 9.53. The van der Waals surface area contributed by atoms with Crippen LogP contribution in [0.2, 0.25) is 10.2 Å². The molecule has 4 aliphatic rings. The first kappa shape index (κ1) is 29.5. The zero-order chi connectivity index (χ0) is 30.0. The number of fused-ring (bicyclic) bond motifs is 3. The molecule has 0 radical (unpaired) electrons. The number of Topliss-reactive ketones (excluding diaryl/α,β-unsaturated/α-hetero) is 1. The second-order valence-electron chi connectivity index (χ2n) is 13.1. The summed E-state index contributed by atoms with van der Waals surface area (Å²) in [6.07, 6.45) is 4.79. The van der Waals surface area contributed by atoms with Crippen molar-refractivity contribution in [3.05, 3.63) is 57.6 Å². The molecule has 2 amide bonds. The average Bonchev–Trinajstić information content (AvgIpc) is 3.40. The van der Waals surface area contributed by atoms with Gasteiger partial charge in [-0.25, -0.2) is 9.37 Å². The molecule has 1 aliphatic carbocycles. The van der Waals surface area contributed by atoms with E-state index >= 15 is 4.39 Å². The normalized spacial score (nSPS) is 31.2. The van der Waals surface area contributed by atoms with E-state index in [-0.39, 0.29) is 46.8 Å². The number of amides is 2. The van der Waals surface area contributed by atoms with E-state index in [9.17, 15) is 14.4 Å². The maximum Gasteiger partial charge on any atom is 0.246 e. The number of ketones is 1. The third kappa shape index (κ3) is 4.55. The first-order valence-electron chi connectivity index (χ1n) is 14.5. The van der Waals surface area contributed by atoms with E-state index in [4.69, 9.17) is 33.7 Å². The molecule has 5 atom stereocenters. The summed E-state index contributed by atoms with van der Waals surface area (Å²) in [5.41, 5.74) is 4.75. The fraction of sp³-hybridized carbons (Fsp3) is 0.548. The van der Waals surface area contributed by atoms with Gasteiger partial charge in [0, 0.05) is 34.8 Å². The molecule has 2 aromatic rings. The van der Waals surface area contributed by atoms with Crippen LogP contribution in [0, 0.1) is 17.2 Å². The molecule has 1 saturated carbocycles. The summed E-state index contributed by atoms with van der Waals surface area (Å²) in [6.45, 7) is 4.63. The number of benzene rings is 1. The molecular formula is C31H35Cl2FN4O4. The van der Waals surface area contributed by atoms with Gasteiger partial charge < -0.3 is 15.8 Å². The average molecular weight is 618 g/mol. The minimum atomic E-state index is -1.31. The van der Waals surface area contributed by atoms with Crippen molar-refractivity contribution < 1.29 is 23.5 Å². The van der Waals surface area contributed by atoms with Crippen LogP contribution >= 0.6 is 23.2 Å². The Kier molecular flexibility index (Phi) is 7.40. The highest BCUT2D eigenvalue weighted by Gasteiger charge is 2.72. The van der Waals surface area contributed by atoms with Crippen molar-refractivity contribution in [1.82, 2.24) is 10.3 Å². The van der Waals surface area contributed by atoms with Crippen molar-refractivity contribution in [2.45, 2.75) is 87.8 Å². The van der Waals surface area contributed by atoms with Crippen LogP contribution in [-0.4, -0.2) is 46.9 Å². The first-order valence-corrected chi connectivity index (χ1v) is 15.3. The van der Waals surface area contributed by atoms with Crippen molar-refractivity contribution in [3.8, 4) is 0 Å². The predicted octanol–water partition coefficient (Wildman–Crippen LogP) is 5.05. The van der Waals surface area contributed by atoms with Gasteiger partial charge in [0.1, 0.15) is 11.5 Å². The van der Waals surface area contributed by atoms with Crippen molar-refractivity contribution in [3.63, 3.8) is 0 Å². The Bertz CT molecular complexity index is 1450. The van der Waals surface area contributed by atoms with E-state index in [0.717, 1.165) is 12.8 Å². The van der Waals surface area contributed by atoms with Gasteiger partial charge in [-0.3, -0.25) is 19.7 Å². The molecule has 2 saturated heterocycles. The number of nitrogens with zero attached hydrogens (tertiary/aromatic N) is 1. The van der Waals surface area contributed by atoms with E-state index in [1.807, 2.05) is 6.07 Å². The molecule has 8 nitrogen and oxygen atoms in total. The molecule has 4 N–H and O–H groups in total. The van der Waals surface area contributed by atoms with Crippen LogP contribution in [-0.2, 0) is 24.5 Å². The largest absolute Gasteiger partial charge is 0.368 e.